The van der Waals surface area contributed by atoms with E-state index in [1.807, 2.05) is 0 Å². The van der Waals surface area contributed by atoms with Crippen molar-refractivity contribution in [2.24, 2.45) is 4.99 Å². The molecule has 0 aromatic carbocycles. The van der Waals surface area contributed by atoms with E-state index in [1.165, 1.54) is 37.2 Å². The van der Waals surface area contributed by atoms with Crippen molar-refractivity contribution in [3.8, 4) is 0 Å². The van der Waals surface area contributed by atoms with Gasteiger partial charge in [0.25, 0.3) is 0 Å². The average molecular weight is 198 g/mol. The van der Waals surface area contributed by atoms with Crippen molar-refractivity contribution < 1.29 is 0 Å². The van der Waals surface area contributed by atoms with E-state index in [0.717, 1.165) is 6.54 Å². The topological polar surface area (TPSA) is 15.6 Å². The molecule has 0 radical (unpaired) electrons. The second-order valence-corrected chi connectivity index (χ2v) is 4.71. The maximum Gasteiger partial charge on any atom is 0.128 e. The Labute approximate surface area is 89.7 Å². The van der Waals surface area contributed by atoms with Gasteiger partial charge in [0.2, 0.25) is 0 Å². The zero-order valence-corrected chi connectivity index (χ0v) is 8.74. The molecule has 0 spiro atoms. The Morgan fingerprint density at radius 2 is 2.20 bits per heavy atom. The van der Waals surface area contributed by atoms with Crippen LogP contribution in [-0.4, -0.2) is 23.3 Å². The van der Waals surface area contributed by atoms with Gasteiger partial charge in [0, 0.05) is 5.70 Å². The first-order chi connectivity index (χ1) is 7.45. The van der Waals surface area contributed by atoms with Crippen molar-refractivity contribution in [2.75, 3.05) is 6.54 Å². The molecule has 0 N–H and O–H groups in total. The van der Waals surface area contributed by atoms with Crippen LogP contribution >= 0.6 is 0 Å². The molecule has 0 bridgehead atoms. The third-order valence-corrected chi connectivity index (χ3v) is 3.97. The van der Waals surface area contributed by atoms with E-state index in [0.29, 0.717) is 6.04 Å². The Morgan fingerprint density at radius 3 is 3.20 bits per heavy atom. The molecule has 0 saturated carbocycles. The van der Waals surface area contributed by atoms with E-state index in [-0.39, 0.29) is 0 Å². The van der Waals surface area contributed by atoms with Crippen LogP contribution < -0.4 is 0 Å². The predicted octanol–water partition coefficient (Wildman–Crippen LogP) is 2.41. The summed E-state index contributed by atoms with van der Waals surface area (Å²) in [5.74, 6) is 1.19. The maximum atomic E-state index is 4.61. The Hall–Kier alpha value is -1.31. The highest BCUT2D eigenvalue weighted by molar-refractivity contribution is 5.99. The predicted molar refractivity (Wildman–Crippen MR) is 60.6 cm³/mol. The van der Waals surface area contributed by atoms with E-state index < -0.39 is 0 Å². The lowest BCUT2D eigenvalue weighted by molar-refractivity contribution is 0.487. The molecule has 15 heavy (non-hydrogen) atoms. The van der Waals surface area contributed by atoms with Crippen LogP contribution in [0.3, 0.4) is 0 Å². The fourth-order valence-electron chi connectivity index (χ4n) is 3.33. The second kappa shape index (κ2) is 2.63. The number of amidine groups is 1. The Bertz CT molecular complexity index is 448. The van der Waals surface area contributed by atoms with Gasteiger partial charge in [-0.1, -0.05) is 6.08 Å². The molecule has 0 fully saturated rings. The fourth-order valence-corrected chi connectivity index (χ4v) is 3.33. The molecular formula is C13H14N2. The van der Waals surface area contributed by atoms with E-state index in [1.54, 1.807) is 11.1 Å². The molecular weight excluding hydrogens is 184 g/mol. The molecule has 3 heterocycles. The second-order valence-electron chi connectivity index (χ2n) is 4.71. The first-order valence-electron chi connectivity index (χ1n) is 5.89. The summed E-state index contributed by atoms with van der Waals surface area (Å²) in [6.07, 6.45) is 11.9. The number of aliphatic imine (C=N–C) groups is 1. The van der Waals surface area contributed by atoms with Gasteiger partial charge in [-0.15, -0.1) is 0 Å². The van der Waals surface area contributed by atoms with Crippen LogP contribution in [0.5, 0.6) is 0 Å². The molecule has 0 amide bonds. The number of rotatable bonds is 0. The van der Waals surface area contributed by atoms with Crippen LogP contribution in [0.15, 0.2) is 40.1 Å². The van der Waals surface area contributed by atoms with Crippen molar-refractivity contribution >= 4 is 5.84 Å². The smallest absolute Gasteiger partial charge is 0.128 e. The Morgan fingerprint density at radius 1 is 1.27 bits per heavy atom. The largest absolute Gasteiger partial charge is 0.317 e. The maximum absolute atomic E-state index is 4.61. The van der Waals surface area contributed by atoms with Gasteiger partial charge in [-0.3, -0.25) is 4.99 Å². The van der Waals surface area contributed by atoms with Gasteiger partial charge in [0.05, 0.1) is 12.6 Å². The number of fused-ring (bicyclic) bond motifs is 2. The molecule has 3 aliphatic heterocycles. The molecule has 2 heteroatoms. The minimum Gasteiger partial charge on any atom is -0.317 e. The van der Waals surface area contributed by atoms with Crippen LogP contribution in [-0.2, 0) is 0 Å². The summed E-state index contributed by atoms with van der Waals surface area (Å²) in [7, 11) is 0. The zero-order chi connectivity index (χ0) is 9.83. The van der Waals surface area contributed by atoms with Crippen molar-refractivity contribution in [1.29, 1.82) is 0 Å². The highest BCUT2D eigenvalue weighted by Crippen LogP contribution is 2.45. The van der Waals surface area contributed by atoms with Crippen molar-refractivity contribution in [1.82, 2.24) is 4.90 Å². The normalized spacial score (nSPS) is 31.5. The van der Waals surface area contributed by atoms with Crippen LogP contribution in [0.25, 0.3) is 0 Å². The van der Waals surface area contributed by atoms with E-state index in [2.05, 4.69) is 28.1 Å². The van der Waals surface area contributed by atoms with Gasteiger partial charge in [-0.25, -0.2) is 0 Å². The van der Waals surface area contributed by atoms with Gasteiger partial charge in [-0.05, 0) is 49.0 Å². The van der Waals surface area contributed by atoms with E-state index >= 15 is 0 Å². The molecule has 1 unspecified atom stereocenters. The quantitative estimate of drug-likeness (QED) is 0.583. The van der Waals surface area contributed by atoms with Crippen LogP contribution in [0, 0.1) is 0 Å². The number of hydrogen-bond acceptors (Lipinski definition) is 2. The molecule has 1 aliphatic carbocycles. The molecule has 76 valence electrons. The summed E-state index contributed by atoms with van der Waals surface area (Å²) in [6, 6.07) is 0.589. The summed E-state index contributed by atoms with van der Waals surface area (Å²) >= 11 is 0. The lowest BCUT2D eigenvalue weighted by Crippen LogP contribution is -2.32. The van der Waals surface area contributed by atoms with Gasteiger partial charge in [0.15, 0.2) is 0 Å². The van der Waals surface area contributed by atoms with E-state index in [9.17, 15) is 0 Å². The van der Waals surface area contributed by atoms with Gasteiger partial charge in [0.1, 0.15) is 5.84 Å². The summed E-state index contributed by atoms with van der Waals surface area (Å²) in [6.45, 7) is 0.982. The van der Waals surface area contributed by atoms with Crippen molar-refractivity contribution in [3.05, 3.63) is 35.1 Å². The lowest BCUT2D eigenvalue weighted by Gasteiger charge is -2.24. The fraction of sp³-hybridized carbons (Fsp3) is 0.462. The number of nitrogens with zero attached hydrogens (tertiary/aromatic N) is 2. The third-order valence-electron chi connectivity index (χ3n) is 3.97. The van der Waals surface area contributed by atoms with Crippen molar-refractivity contribution in [2.45, 2.75) is 31.7 Å². The molecule has 4 rings (SSSR count). The minimum absolute atomic E-state index is 0.589. The third kappa shape index (κ3) is 0.876. The molecule has 0 aromatic heterocycles. The van der Waals surface area contributed by atoms with Crippen LogP contribution in [0.2, 0.25) is 0 Å². The first kappa shape index (κ1) is 7.91. The summed E-state index contributed by atoms with van der Waals surface area (Å²) < 4.78 is 0. The summed E-state index contributed by atoms with van der Waals surface area (Å²) in [4.78, 5) is 7.07. The van der Waals surface area contributed by atoms with Gasteiger partial charge < -0.3 is 4.90 Å². The number of hydrogen-bond donors (Lipinski definition) is 0. The van der Waals surface area contributed by atoms with Gasteiger partial charge >= 0.3 is 0 Å². The van der Waals surface area contributed by atoms with Crippen molar-refractivity contribution in [3.63, 3.8) is 0 Å². The first-order valence-corrected chi connectivity index (χ1v) is 5.89. The Kier molecular flexibility index (Phi) is 1.39. The SMILES string of the molecule is C1=CC2=NCC3C4=C(CCCC4)C(=C1)N23. The monoisotopic (exact) mass is 198 g/mol. The molecule has 2 nitrogen and oxygen atoms in total. The number of allylic oxidation sites excluding steroid dienone is 3. The molecule has 4 aliphatic rings. The summed E-state index contributed by atoms with van der Waals surface area (Å²) in [5.41, 5.74) is 4.78. The highest BCUT2D eigenvalue weighted by Gasteiger charge is 2.41. The zero-order valence-electron chi connectivity index (χ0n) is 8.74. The highest BCUT2D eigenvalue weighted by atomic mass is 15.3. The van der Waals surface area contributed by atoms with Crippen LogP contribution in [0.4, 0.5) is 0 Å². The van der Waals surface area contributed by atoms with Gasteiger partial charge in [-0.2, -0.15) is 0 Å². The molecule has 0 aromatic rings. The standard InChI is InChI=1S/C13H14N2/c1-2-5-10-9(4-1)11-6-3-7-13-14-8-12(10)15(11)13/h3,6-7,12H,1-2,4-5,8H2. The van der Waals surface area contributed by atoms with Crippen LogP contribution in [0.1, 0.15) is 25.7 Å². The van der Waals surface area contributed by atoms with E-state index in [4.69, 9.17) is 0 Å². The Balaban J connectivity index is 1.90. The lowest BCUT2D eigenvalue weighted by atomic mass is 9.89. The molecule has 1 atom stereocenters. The average Bonchev–Trinajstić information content (AvgIpc) is 2.85. The summed E-state index contributed by atoms with van der Waals surface area (Å²) in [5, 5.41) is 0. The molecule has 0 saturated heterocycles. The minimum atomic E-state index is 0.589.